The van der Waals surface area contributed by atoms with E-state index in [0.29, 0.717) is 11.3 Å². The smallest absolute Gasteiger partial charge is 0.416 e. The third-order valence-corrected chi connectivity index (χ3v) is 4.65. The zero-order valence-corrected chi connectivity index (χ0v) is 18.3. The first-order valence-electron chi connectivity index (χ1n) is 9.84. The summed E-state index contributed by atoms with van der Waals surface area (Å²) in [5.41, 5.74) is 1.20. The van der Waals surface area contributed by atoms with Crippen molar-refractivity contribution >= 4 is 17.9 Å². The van der Waals surface area contributed by atoms with Gasteiger partial charge in [-0.15, -0.1) is 0 Å². The number of carbonyl (C=O) groups excluding carboxylic acids is 1. The van der Waals surface area contributed by atoms with Gasteiger partial charge < -0.3 is 4.74 Å². The number of aromatic nitrogens is 2. The highest BCUT2D eigenvalue weighted by Gasteiger charge is 2.31. The highest BCUT2D eigenvalue weighted by Crippen LogP contribution is 2.30. The van der Waals surface area contributed by atoms with Crippen LogP contribution in [0.3, 0.4) is 0 Å². The molecule has 1 N–H and O–H groups in total. The SMILES string of the molecule is COC(=O)c1nc(C#CC=NNc2ccc(C#N)cc2)c(C)n(-c2cccc(C(F)(F)F)c2)c1=O. The normalized spacial score (nSPS) is 10.9. The predicted molar refractivity (Wildman–Crippen MR) is 121 cm³/mol. The molecule has 0 saturated heterocycles. The highest BCUT2D eigenvalue weighted by molar-refractivity contribution is 5.87. The number of ether oxygens (including phenoxy) is 1. The molecule has 0 bridgehead atoms. The summed E-state index contributed by atoms with van der Waals surface area (Å²) in [4.78, 5) is 29.0. The van der Waals surface area contributed by atoms with E-state index in [1.807, 2.05) is 6.07 Å². The molecule has 0 aliphatic rings. The number of carbonyl (C=O) groups is 1. The lowest BCUT2D eigenvalue weighted by molar-refractivity contribution is -0.137. The molecule has 3 rings (SSSR count). The first-order chi connectivity index (χ1) is 16.7. The molecule has 1 aromatic heterocycles. The Bertz CT molecular complexity index is 1460. The number of hydrogen-bond donors (Lipinski definition) is 1. The number of nitriles is 1. The van der Waals surface area contributed by atoms with Gasteiger partial charge in [0.25, 0.3) is 5.56 Å². The molecule has 1 heterocycles. The fourth-order valence-corrected chi connectivity index (χ4v) is 2.94. The van der Waals surface area contributed by atoms with Crippen molar-refractivity contribution in [3.8, 4) is 23.6 Å². The average Bonchev–Trinajstić information content (AvgIpc) is 2.84. The molecular formula is C24H16F3N5O3. The Labute approximate surface area is 197 Å². The van der Waals surface area contributed by atoms with Crippen molar-refractivity contribution in [3.63, 3.8) is 0 Å². The van der Waals surface area contributed by atoms with Gasteiger partial charge in [0.1, 0.15) is 5.69 Å². The van der Waals surface area contributed by atoms with Gasteiger partial charge in [0.2, 0.25) is 5.69 Å². The average molecular weight is 479 g/mol. The van der Waals surface area contributed by atoms with Gasteiger partial charge in [-0.2, -0.15) is 23.5 Å². The number of methoxy groups -OCH3 is 1. The van der Waals surface area contributed by atoms with Gasteiger partial charge in [-0.1, -0.05) is 6.07 Å². The molecule has 0 spiro atoms. The maximum atomic E-state index is 13.2. The van der Waals surface area contributed by atoms with Crippen molar-refractivity contribution < 1.29 is 22.7 Å². The summed E-state index contributed by atoms with van der Waals surface area (Å²) in [5.74, 6) is 4.16. The molecule has 0 radical (unpaired) electrons. The minimum atomic E-state index is -4.63. The zero-order chi connectivity index (χ0) is 25.6. The minimum Gasteiger partial charge on any atom is -0.464 e. The maximum Gasteiger partial charge on any atom is 0.416 e. The van der Waals surface area contributed by atoms with Gasteiger partial charge in [0.15, 0.2) is 0 Å². The Morgan fingerprint density at radius 3 is 2.57 bits per heavy atom. The van der Waals surface area contributed by atoms with E-state index in [2.05, 4.69) is 32.1 Å². The van der Waals surface area contributed by atoms with E-state index in [4.69, 9.17) is 5.26 Å². The summed E-state index contributed by atoms with van der Waals surface area (Å²) in [6.07, 6.45) is -3.44. The van der Waals surface area contributed by atoms with Crippen LogP contribution in [-0.4, -0.2) is 28.8 Å². The molecule has 2 aromatic carbocycles. The Kier molecular flexibility index (Phi) is 7.32. The molecule has 0 saturated carbocycles. The fourth-order valence-electron chi connectivity index (χ4n) is 2.94. The predicted octanol–water partition coefficient (Wildman–Crippen LogP) is 3.67. The van der Waals surface area contributed by atoms with Crippen LogP contribution in [0, 0.1) is 30.1 Å². The monoisotopic (exact) mass is 479 g/mol. The Balaban J connectivity index is 2.01. The van der Waals surface area contributed by atoms with Crippen LogP contribution in [0.15, 0.2) is 58.4 Å². The summed E-state index contributed by atoms with van der Waals surface area (Å²) >= 11 is 0. The summed E-state index contributed by atoms with van der Waals surface area (Å²) in [6.45, 7) is 1.44. The fraction of sp³-hybridized carbons (Fsp3) is 0.125. The molecule has 3 aromatic rings. The summed E-state index contributed by atoms with van der Waals surface area (Å²) in [7, 11) is 1.05. The number of benzene rings is 2. The zero-order valence-electron chi connectivity index (χ0n) is 18.3. The number of rotatable bonds is 4. The summed E-state index contributed by atoms with van der Waals surface area (Å²) in [5, 5.41) is 12.7. The molecule has 0 amide bonds. The lowest BCUT2D eigenvalue weighted by Gasteiger charge is -2.14. The van der Waals surface area contributed by atoms with Crippen LogP contribution >= 0.6 is 0 Å². The second kappa shape index (κ2) is 10.4. The van der Waals surface area contributed by atoms with Crippen molar-refractivity contribution in [2.75, 3.05) is 12.5 Å². The van der Waals surface area contributed by atoms with Crippen molar-refractivity contribution in [1.82, 2.24) is 9.55 Å². The summed E-state index contributed by atoms with van der Waals surface area (Å²) in [6, 6.07) is 12.6. The van der Waals surface area contributed by atoms with E-state index in [-0.39, 0.29) is 17.1 Å². The van der Waals surface area contributed by atoms with Crippen molar-refractivity contribution in [1.29, 1.82) is 5.26 Å². The van der Waals surface area contributed by atoms with Crippen LogP contribution in [0.2, 0.25) is 0 Å². The van der Waals surface area contributed by atoms with Crippen molar-refractivity contribution in [3.05, 3.63) is 87.1 Å². The Morgan fingerprint density at radius 1 is 1.23 bits per heavy atom. The lowest BCUT2D eigenvalue weighted by Crippen LogP contribution is -2.30. The van der Waals surface area contributed by atoms with E-state index in [1.54, 1.807) is 24.3 Å². The quantitative estimate of drug-likeness (QED) is 0.265. The third-order valence-electron chi connectivity index (χ3n) is 4.65. The molecule has 0 aliphatic heterocycles. The topological polar surface area (TPSA) is 109 Å². The molecule has 11 heteroatoms. The molecule has 0 fully saturated rings. The minimum absolute atomic E-state index is 0.0350. The maximum absolute atomic E-state index is 13.2. The first-order valence-corrected chi connectivity index (χ1v) is 9.84. The lowest BCUT2D eigenvalue weighted by atomic mass is 10.1. The van der Waals surface area contributed by atoms with Crippen LogP contribution in [0.5, 0.6) is 0 Å². The second-order valence-electron chi connectivity index (χ2n) is 6.90. The molecule has 0 unspecified atom stereocenters. The van der Waals surface area contributed by atoms with E-state index in [0.717, 1.165) is 29.9 Å². The van der Waals surface area contributed by atoms with Gasteiger partial charge in [-0.25, -0.2) is 9.78 Å². The van der Waals surface area contributed by atoms with Crippen LogP contribution in [0.4, 0.5) is 18.9 Å². The highest BCUT2D eigenvalue weighted by atomic mass is 19.4. The molecule has 8 nitrogen and oxygen atoms in total. The molecular weight excluding hydrogens is 463 g/mol. The summed E-state index contributed by atoms with van der Waals surface area (Å²) < 4.78 is 45.1. The van der Waals surface area contributed by atoms with Gasteiger partial charge in [-0.05, 0) is 61.2 Å². The van der Waals surface area contributed by atoms with E-state index in [1.165, 1.54) is 19.2 Å². The Hall–Kier alpha value is -4.90. The standard InChI is InChI=1S/C24H16F3N5O3/c1-15-20(7-4-12-29-31-18-10-8-16(14-28)9-11-18)30-21(23(34)35-2)22(33)32(15)19-6-3-5-17(13-19)24(25,26)27/h3,5-6,8-13,31H,1-2H3. The number of nitrogens with zero attached hydrogens (tertiary/aromatic N) is 4. The van der Waals surface area contributed by atoms with Crippen LogP contribution < -0.4 is 11.0 Å². The van der Waals surface area contributed by atoms with Gasteiger partial charge in [0.05, 0.1) is 41.9 Å². The molecule has 176 valence electrons. The third kappa shape index (κ3) is 5.72. The van der Waals surface area contributed by atoms with Crippen LogP contribution in [0.1, 0.15) is 33.0 Å². The number of hydrogen-bond acceptors (Lipinski definition) is 7. The molecule has 0 atom stereocenters. The van der Waals surface area contributed by atoms with Gasteiger partial charge in [0, 0.05) is 5.69 Å². The molecule has 35 heavy (non-hydrogen) atoms. The second-order valence-corrected chi connectivity index (χ2v) is 6.90. The van der Waals surface area contributed by atoms with Crippen molar-refractivity contribution in [2.45, 2.75) is 13.1 Å². The van der Waals surface area contributed by atoms with E-state index < -0.39 is 29.0 Å². The number of anilines is 1. The number of nitrogens with one attached hydrogen (secondary N) is 1. The van der Waals surface area contributed by atoms with Crippen LogP contribution in [0.25, 0.3) is 5.69 Å². The number of hydrazone groups is 1. The Morgan fingerprint density at radius 2 is 1.94 bits per heavy atom. The number of halogens is 3. The van der Waals surface area contributed by atoms with Crippen molar-refractivity contribution in [2.24, 2.45) is 5.10 Å². The van der Waals surface area contributed by atoms with Gasteiger partial charge >= 0.3 is 12.1 Å². The number of alkyl halides is 3. The van der Waals surface area contributed by atoms with Crippen LogP contribution in [-0.2, 0) is 10.9 Å². The van der Waals surface area contributed by atoms with Gasteiger partial charge in [-0.3, -0.25) is 14.8 Å². The van der Waals surface area contributed by atoms with E-state index in [9.17, 15) is 22.8 Å². The molecule has 0 aliphatic carbocycles. The number of esters is 1. The largest absolute Gasteiger partial charge is 0.464 e. The van der Waals surface area contributed by atoms with E-state index >= 15 is 0 Å². The first kappa shape index (κ1) is 24.7.